The van der Waals surface area contributed by atoms with E-state index in [1.54, 1.807) is 12.1 Å². The highest BCUT2D eigenvalue weighted by Crippen LogP contribution is 2.20. The molecule has 1 saturated heterocycles. The number of likely N-dealkylation sites (tertiary alicyclic amines) is 1. The van der Waals surface area contributed by atoms with Gasteiger partial charge in [-0.1, -0.05) is 0 Å². The molecule has 1 fully saturated rings. The van der Waals surface area contributed by atoms with Gasteiger partial charge in [-0.2, -0.15) is 5.26 Å². The molecule has 0 saturated carbocycles. The number of nitrogens with two attached hydrogens (primary N) is 1. The Morgan fingerprint density at radius 2 is 2.20 bits per heavy atom. The SMILES string of the molecule is N#Cc1ccc(NC2CCN(CC(N)=O)CC2)c(F)c1. The Labute approximate surface area is 117 Å². The Balaban J connectivity index is 1.90. The molecule has 1 amide bonds. The number of nitriles is 1. The molecule has 106 valence electrons. The molecule has 0 atom stereocenters. The molecule has 0 radical (unpaired) electrons. The predicted molar refractivity (Wildman–Crippen MR) is 73.4 cm³/mol. The maximum Gasteiger partial charge on any atom is 0.231 e. The van der Waals surface area contributed by atoms with Gasteiger partial charge in [0.2, 0.25) is 5.91 Å². The van der Waals surface area contributed by atoms with Crippen molar-refractivity contribution in [3.05, 3.63) is 29.6 Å². The van der Waals surface area contributed by atoms with E-state index in [2.05, 4.69) is 5.32 Å². The van der Waals surface area contributed by atoms with Crippen LogP contribution in [0.5, 0.6) is 0 Å². The van der Waals surface area contributed by atoms with Crippen LogP contribution in [0.1, 0.15) is 18.4 Å². The molecule has 1 aromatic carbocycles. The maximum absolute atomic E-state index is 13.8. The fraction of sp³-hybridized carbons (Fsp3) is 0.429. The first kappa shape index (κ1) is 14.3. The smallest absolute Gasteiger partial charge is 0.231 e. The Bertz CT molecular complexity index is 532. The molecule has 1 aliphatic heterocycles. The average molecular weight is 276 g/mol. The summed E-state index contributed by atoms with van der Waals surface area (Å²) in [6.07, 6.45) is 1.65. The van der Waals surface area contributed by atoms with Crippen molar-refractivity contribution in [2.45, 2.75) is 18.9 Å². The molecule has 0 aromatic heterocycles. The number of hydrogen-bond acceptors (Lipinski definition) is 4. The molecule has 1 aliphatic rings. The van der Waals surface area contributed by atoms with Crippen molar-refractivity contribution in [2.75, 3.05) is 25.0 Å². The number of anilines is 1. The Morgan fingerprint density at radius 3 is 2.75 bits per heavy atom. The summed E-state index contributed by atoms with van der Waals surface area (Å²) in [4.78, 5) is 12.8. The van der Waals surface area contributed by atoms with Gasteiger partial charge in [0.1, 0.15) is 5.82 Å². The van der Waals surface area contributed by atoms with Gasteiger partial charge in [-0.25, -0.2) is 4.39 Å². The summed E-state index contributed by atoms with van der Waals surface area (Å²) < 4.78 is 13.8. The Hall–Kier alpha value is -2.13. The highest BCUT2D eigenvalue weighted by molar-refractivity contribution is 5.75. The van der Waals surface area contributed by atoms with Crippen LogP contribution in [-0.2, 0) is 4.79 Å². The van der Waals surface area contributed by atoms with Crippen LogP contribution in [0.4, 0.5) is 10.1 Å². The summed E-state index contributed by atoms with van der Waals surface area (Å²) >= 11 is 0. The number of halogens is 1. The lowest BCUT2D eigenvalue weighted by atomic mass is 10.0. The first-order valence-corrected chi connectivity index (χ1v) is 6.55. The third kappa shape index (κ3) is 3.68. The highest BCUT2D eigenvalue weighted by Gasteiger charge is 2.20. The van der Waals surface area contributed by atoms with Crippen molar-refractivity contribution < 1.29 is 9.18 Å². The van der Waals surface area contributed by atoms with Gasteiger partial charge in [0.15, 0.2) is 0 Å². The Kier molecular flexibility index (Phi) is 4.53. The van der Waals surface area contributed by atoms with Crippen LogP contribution in [0.15, 0.2) is 18.2 Å². The number of benzene rings is 1. The van der Waals surface area contributed by atoms with Gasteiger partial charge >= 0.3 is 0 Å². The molecule has 1 aromatic rings. The van der Waals surface area contributed by atoms with Gasteiger partial charge in [0.25, 0.3) is 0 Å². The summed E-state index contributed by atoms with van der Waals surface area (Å²) in [5, 5.41) is 11.8. The van der Waals surface area contributed by atoms with E-state index in [1.165, 1.54) is 6.07 Å². The van der Waals surface area contributed by atoms with Crippen LogP contribution in [0.2, 0.25) is 0 Å². The van der Waals surface area contributed by atoms with Gasteiger partial charge in [-0.05, 0) is 31.0 Å². The molecule has 5 nitrogen and oxygen atoms in total. The van der Waals surface area contributed by atoms with Crippen LogP contribution < -0.4 is 11.1 Å². The molecule has 3 N–H and O–H groups in total. The van der Waals surface area contributed by atoms with Crippen molar-refractivity contribution >= 4 is 11.6 Å². The monoisotopic (exact) mass is 276 g/mol. The van der Waals surface area contributed by atoms with Gasteiger partial charge in [-0.15, -0.1) is 0 Å². The number of hydrogen-bond donors (Lipinski definition) is 2. The minimum Gasteiger partial charge on any atom is -0.380 e. The van der Waals surface area contributed by atoms with E-state index in [0.29, 0.717) is 11.3 Å². The lowest BCUT2D eigenvalue weighted by Crippen LogP contribution is -2.43. The Morgan fingerprint density at radius 1 is 1.50 bits per heavy atom. The summed E-state index contributed by atoms with van der Waals surface area (Å²) in [5.74, 6) is -0.738. The van der Waals surface area contributed by atoms with E-state index in [0.717, 1.165) is 25.9 Å². The minimum atomic E-state index is -0.413. The fourth-order valence-electron chi connectivity index (χ4n) is 2.38. The van der Waals surface area contributed by atoms with E-state index in [-0.39, 0.29) is 18.5 Å². The van der Waals surface area contributed by atoms with E-state index in [4.69, 9.17) is 11.0 Å². The van der Waals surface area contributed by atoms with Gasteiger partial charge in [0.05, 0.1) is 23.9 Å². The third-order valence-corrected chi connectivity index (χ3v) is 3.42. The first-order valence-electron chi connectivity index (χ1n) is 6.55. The average Bonchev–Trinajstić information content (AvgIpc) is 2.42. The van der Waals surface area contributed by atoms with Crippen molar-refractivity contribution in [1.29, 1.82) is 5.26 Å². The zero-order valence-corrected chi connectivity index (χ0v) is 11.1. The second kappa shape index (κ2) is 6.35. The molecule has 0 aliphatic carbocycles. The van der Waals surface area contributed by atoms with Crippen LogP contribution in [0.3, 0.4) is 0 Å². The number of carbonyl (C=O) groups is 1. The number of carbonyl (C=O) groups excluding carboxylic acids is 1. The number of rotatable bonds is 4. The van der Waals surface area contributed by atoms with E-state index >= 15 is 0 Å². The second-order valence-electron chi connectivity index (χ2n) is 4.97. The van der Waals surface area contributed by atoms with Crippen LogP contribution >= 0.6 is 0 Å². The number of amides is 1. The molecule has 0 bridgehead atoms. The molecule has 2 rings (SSSR count). The molecular formula is C14H17FN4O. The zero-order chi connectivity index (χ0) is 14.5. The molecule has 6 heteroatoms. The zero-order valence-electron chi connectivity index (χ0n) is 11.1. The van der Waals surface area contributed by atoms with Crippen molar-refractivity contribution in [2.24, 2.45) is 5.73 Å². The first-order chi connectivity index (χ1) is 9.58. The number of primary amides is 1. The molecule has 0 unspecified atom stereocenters. The summed E-state index contributed by atoms with van der Waals surface area (Å²) in [6.45, 7) is 1.80. The van der Waals surface area contributed by atoms with Crippen LogP contribution in [0, 0.1) is 17.1 Å². The molecule has 1 heterocycles. The third-order valence-electron chi connectivity index (χ3n) is 3.42. The number of nitrogens with zero attached hydrogens (tertiary/aromatic N) is 2. The van der Waals surface area contributed by atoms with Gasteiger partial charge in [0, 0.05) is 19.1 Å². The van der Waals surface area contributed by atoms with Crippen molar-refractivity contribution in [3.63, 3.8) is 0 Å². The highest BCUT2D eigenvalue weighted by atomic mass is 19.1. The molecular weight excluding hydrogens is 259 g/mol. The van der Waals surface area contributed by atoms with Crippen LogP contribution in [0.25, 0.3) is 0 Å². The van der Waals surface area contributed by atoms with Gasteiger partial charge in [-0.3, -0.25) is 9.69 Å². The predicted octanol–water partition coefficient (Wildman–Crippen LogP) is 1.06. The van der Waals surface area contributed by atoms with Crippen molar-refractivity contribution in [1.82, 2.24) is 4.90 Å². The lowest BCUT2D eigenvalue weighted by molar-refractivity contribution is -0.119. The molecule has 0 spiro atoms. The number of piperidine rings is 1. The largest absolute Gasteiger partial charge is 0.380 e. The quantitative estimate of drug-likeness (QED) is 0.861. The summed E-state index contributed by atoms with van der Waals surface area (Å²) in [6, 6.07) is 6.48. The lowest BCUT2D eigenvalue weighted by Gasteiger charge is -2.32. The van der Waals surface area contributed by atoms with E-state index in [1.807, 2.05) is 11.0 Å². The fourth-order valence-corrected chi connectivity index (χ4v) is 2.38. The summed E-state index contributed by atoms with van der Waals surface area (Å²) in [5.41, 5.74) is 5.88. The normalized spacial score (nSPS) is 16.6. The topological polar surface area (TPSA) is 82.2 Å². The van der Waals surface area contributed by atoms with E-state index < -0.39 is 5.82 Å². The molecule has 20 heavy (non-hydrogen) atoms. The van der Waals surface area contributed by atoms with Crippen LogP contribution in [-0.4, -0.2) is 36.5 Å². The standard InChI is InChI=1S/C14H17FN4O/c15-12-7-10(8-16)1-2-13(12)18-11-3-5-19(6-4-11)9-14(17)20/h1-2,7,11,18H,3-6,9H2,(H2,17,20). The van der Waals surface area contributed by atoms with E-state index in [9.17, 15) is 9.18 Å². The second-order valence-corrected chi connectivity index (χ2v) is 4.97. The van der Waals surface area contributed by atoms with Gasteiger partial charge < -0.3 is 11.1 Å². The summed E-state index contributed by atoms with van der Waals surface area (Å²) in [7, 11) is 0. The number of nitrogens with one attached hydrogen (secondary N) is 1. The van der Waals surface area contributed by atoms with Crippen molar-refractivity contribution in [3.8, 4) is 6.07 Å². The minimum absolute atomic E-state index is 0.168. The maximum atomic E-state index is 13.8.